The van der Waals surface area contributed by atoms with E-state index < -0.39 is 23.1 Å². The maximum absolute atomic E-state index is 13.6. The SMILES string of the molecule is COc1ccccc1-c1coc2c3c(cc(O)c2c1=O)OC(=O)C[C@H]3c1cc2ccccc2[nH]c1=O. The van der Waals surface area contributed by atoms with Gasteiger partial charge in [0.2, 0.25) is 5.43 Å². The summed E-state index contributed by atoms with van der Waals surface area (Å²) in [5, 5.41) is 11.5. The zero-order valence-corrected chi connectivity index (χ0v) is 19.0. The summed E-state index contributed by atoms with van der Waals surface area (Å²) in [5.74, 6) is -1.20. The zero-order chi connectivity index (χ0) is 25.0. The number of benzene rings is 3. The molecule has 0 spiro atoms. The number of aromatic amines is 1. The Morgan fingerprint density at radius 1 is 1.00 bits per heavy atom. The van der Waals surface area contributed by atoms with Crippen LogP contribution in [0.25, 0.3) is 33.0 Å². The van der Waals surface area contributed by atoms with Crippen molar-refractivity contribution in [2.45, 2.75) is 12.3 Å². The molecule has 0 unspecified atom stereocenters. The van der Waals surface area contributed by atoms with E-state index in [1.54, 1.807) is 36.4 Å². The van der Waals surface area contributed by atoms with E-state index in [0.717, 1.165) is 5.39 Å². The van der Waals surface area contributed by atoms with E-state index >= 15 is 0 Å². The molecule has 0 bridgehead atoms. The molecule has 1 aliphatic rings. The second-order valence-electron chi connectivity index (χ2n) is 8.56. The second kappa shape index (κ2) is 8.13. The number of esters is 1. The van der Waals surface area contributed by atoms with Crippen molar-refractivity contribution in [1.29, 1.82) is 0 Å². The van der Waals surface area contributed by atoms with E-state index in [0.29, 0.717) is 28.0 Å². The highest BCUT2D eigenvalue weighted by Crippen LogP contribution is 2.45. The van der Waals surface area contributed by atoms with Gasteiger partial charge in [-0.25, -0.2) is 0 Å². The molecule has 3 heterocycles. The van der Waals surface area contributed by atoms with E-state index in [1.165, 1.54) is 19.4 Å². The molecule has 0 amide bonds. The predicted molar refractivity (Wildman–Crippen MR) is 133 cm³/mol. The molecule has 0 saturated carbocycles. The summed E-state index contributed by atoms with van der Waals surface area (Å²) in [6, 6.07) is 17.2. The number of H-pyrrole nitrogens is 1. The number of aromatic nitrogens is 1. The predicted octanol–water partition coefficient (Wildman–Crippen LogP) is 4.46. The summed E-state index contributed by atoms with van der Waals surface area (Å²) in [4.78, 5) is 42.0. The Hall–Kier alpha value is -4.85. The number of phenols is 1. The normalized spacial score (nSPS) is 15.0. The first-order chi connectivity index (χ1) is 17.5. The molecule has 1 aliphatic heterocycles. The number of para-hydroxylation sites is 2. The van der Waals surface area contributed by atoms with Crippen LogP contribution in [0.3, 0.4) is 0 Å². The fourth-order valence-electron chi connectivity index (χ4n) is 4.87. The van der Waals surface area contributed by atoms with Crippen molar-refractivity contribution in [1.82, 2.24) is 4.98 Å². The van der Waals surface area contributed by atoms with Crippen LogP contribution in [0.1, 0.15) is 23.5 Å². The monoisotopic (exact) mass is 481 g/mol. The van der Waals surface area contributed by atoms with Crippen LogP contribution in [0.4, 0.5) is 0 Å². The molecule has 3 aromatic carbocycles. The first-order valence-corrected chi connectivity index (χ1v) is 11.2. The third kappa shape index (κ3) is 3.26. The number of hydrogen-bond acceptors (Lipinski definition) is 7. The van der Waals surface area contributed by atoms with E-state index in [-0.39, 0.29) is 34.3 Å². The first kappa shape index (κ1) is 21.7. The minimum absolute atomic E-state index is 0.0435. The first-order valence-electron chi connectivity index (χ1n) is 11.2. The van der Waals surface area contributed by atoms with Crippen molar-refractivity contribution in [3.63, 3.8) is 0 Å². The number of hydrogen-bond donors (Lipinski definition) is 2. The Kier molecular flexibility index (Phi) is 4.89. The number of rotatable bonds is 3. The zero-order valence-electron chi connectivity index (χ0n) is 19.0. The van der Waals surface area contributed by atoms with Crippen molar-refractivity contribution in [3.05, 3.63) is 98.6 Å². The average Bonchev–Trinajstić information content (AvgIpc) is 2.87. The van der Waals surface area contributed by atoms with Gasteiger partial charge in [-0.3, -0.25) is 14.4 Å². The van der Waals surface area contributed by atoms with Crippen LogP contribution in [-0.2, 0) is 4.79 Å². The number of pyridine rings is 1. The molecule has 8 heteroatoms. The highest BCUT2D eigenvalue weighted by atomic mass is 16.5. The van der Waals surface area contributed by atoms with Crippen LogP contribution in [0.2, 0.25) is 0 Å². The van der Waals surface area contributed by atoms with Gasteiger partial charge in [0.15, 0.2) is 0 Å². The van der Waals surface area contributed by atoms with Gasteiger partial charge < -0.3 is 24.0 Å². The maximum atomic E-state index is 13.6. The van der Waals surface area contributed by atoms with Gasteiger partial charge in [-0.2, -0.15) is 0 Å². The van der Waals surface area contributed by atoms with E-state index in [9.17, 15) is 19.5 Å². The van der Waals surface area contributed by atoms with Gasteiger partial charge in [-0.05, 0) is 23.6 Å². The van der Waals surface area contributed by atoms with E-state index in [2.05, 4.69) is 4.98 Å². The molecule has 0 aliphatic carbocycles. The number of carbonyl (C=O) groups excluding carboxylic acids is 1. The highest BCUT2D eigenvalue weighted by molar-refractivity contribution is 5.94. The molecular formula is C28H19NO7. The van der Waals surface area contributed by atoms with Crippen molar-refractivity contribution in [2.75, 3.05) is 7.11 Å². The number of methoxy groups -OCH3 is 1. The molecule has 0 saturated heterocycles. The van der Waals surface area contributed by atoms with Crippen LogP contribution >= 0.6 is 0 Å². The lowest BCUT2D eigenvalue weighted by molar-refractivity contribution is -0.135. The van der Waals surface area contributed by atoms with Gasteiger partial charge in [-0.1, -0.05) is 36.4 Å². The minimum atomic E-state index is -0.752. The van der Waals surface area contributed by atoms with E-state index in [4.69, 9.17) is 13.9 Å². The van der Waals surface area contributed by atoms with Gasteiger partial charge >= 0.3 is 5.97 Å². The topological polar surface area (TPSA) is 119 Å². The largest absolute Gasteiger partial charge is 0.507 e. The van der Waals surface area contributed by atoms with Gasteiger partial charge in [0.1, 0.15) is 34.5 Å². The van der Waals surface area contributed by atoms with Gasteiger partial charge in [0.05, 0.1) is 19.1 Å². The minimum Gasteiger partial charge on any atom is -0.507 e. The van der Waals surface area contributed by atoms with Gasteiger partial charge in [0, 0.05) is 34.2 Å². The Morgan fingerprint density at radius 3 is 2.61 bits per heavy atom. The average molecular weight is 481 g/mol. The quantitative estimate of drug-likeness (QED) is 0.289. The van der Waals surface area contributed by atoms with Crippen LogP contribution in [0.5, 0.6) is 17.2 Å². The van der Waals surface area contributed by atoms with Crippen molar-refractivity contribution >= 4 is 27.8 Å². The van der Waals surface area contributed by atoms with Gasteiger partial charge in [-0.15, -0.1) is 0 Å². The van der Waals surface area contributed by atoms with Gasteiger partial charge in [0.25, 0.3) is 5.56 Å². The van der Waals surface area contributed by atoms with E-state index in [1.807, 2.05) is 18.2 Å². The molecule has 0 fully saturated rings. The molecule has 1 atom stereocenters. The third-order valence-electron chi connectivity index (χ3n) is 6.53. The van der Waals surface area contributed by atoms with Crippen molar-refractivity contribution in [2.24, 2.45) is 0 Å². The highest BCUT2D eigenvalue weighted by Gasteiger charge is 2.35. The molecule has 2 N–H and O–H groups in total. The lowest BCUT2D eigenvalue weighted by Gasteiger charge is -2.25. The van der Waals surface area contributed by atoms with Crippen LogP contribution < -0.4 is 20.5 Å². The Labute approximate surface area is 203 Å². The fourth-order valence-corrected chi connectivity index (χ4v) is 4.87. The molecule has 6 rings (SSSR count). The number of ether oxygens (including phenoxy) is 2. The number of phenolic OH excluding ortho intramolecular Hbond substituents is 1. The molecule has 36 heavy (non-hydrogen) atoms. The summed E-state index contributed by atoms with van der Waals surface area (Å²) in [5.41, 5.74) is 1.25. The number of nitrogens with one attached hydrogen (secondary N) is 1. The van der Waals surface area contributed by atoms with Crippen LogP contribution in [0.15, 0.2) is 80.9 Å². The van der Waals surface area contributed by atoms with Crippen molar-refractivity contribution < 1.29 is 23.8 Å². The van der Waals surface area contributed by atoms with Crippen molar-refractivity contribution in [3.8, 4) is 28.4 Å². The smallest absolute Gasteiger partial charge is 0.312 e. The lowest BCUT2D eigenvalue weighted by Crippen LogP contribution is -2.26. The summed E-state index contributed by atoms with van der Waals surface area (Å²) >= 11 is 0. The number of aromatic hydroxyl groups is 1. The number of fused-ring (bicyclic) bond motifs is 4. The molecule has 8 nitrogen and oxygen atoms in total. The summed E-state index contributed by atoms with van der Waals surface area (Å²) < 4.78 is 16.7. The summed E-state index contributed by atoms with van der Waals surface area (Å²) in [6.45, 7) is 0. The molecular weight excluding hydrogens is 462 g/mol. The molecule has 0 radical (unpaired) electrons. The fraction of sp³-hybridized carbons (Fsp3) is 0.107. The third-order valence-corrected chi connectivity index (χ3v) is 6.53. The Bertz CT molecular complexity index is 1820. The molecule has 2 aromatic heterocycles. The Morgan fingerprint density at radius 2 is 1.78 bits per heavy atom. The molecule has 5 aromatic rings. The summed E-state index contributed by atoms with van der Waals surface area (Å²) in [6.07, 6.45) is 1.16. The Balaban J connectivity index is 1.64. The summed E-state index contributed by atoms with van der Waals surface area (Å²) in [7, 11) is 1.50. The number of carbonyl (C=O) groups is 1. The maximum Gasteiger partial charge on any atom is 0.312 e. The second-order valence-corrected chi connectivity index (χ2v) is 8.56. The standard InChI is InChI=1S/C28H19NO7/c1-34-21-9-5-3-7-15(21)18-13-35-27-24-16(17-10-14-6-2-4-8-19(14)29-28(17)33)11-23(31)36-22(24)12-20(30)25(27)26(18)32/h2-10,12-13,16,30H,11H2,1H3,(H,29,33)/t16-/m0/s1. The molecule has 178 valence electrons. The lowest BCUT2D eigenvalue weighted by atomic mass is 9.85. The van der Waals surface area contributed by atoms with Crippen LogP contribution in [0, 0.1) is 0 Å². The van der Waals surface area contributed by atoms with Crippen LogP contribution in [-0.4, -0.2) is 23.2 Å².